The molecule has 6 heteroatoms. The lowest BCUT2D eigenvalue weighted by atomic mass is 9.85. The first-order valence-electron chi connectivity index (χ1n) is 7.55. The quantitative estimate of drug-likeness (QED) is 0.703. The Hall–Kier alpha value is -2.18. The number of hydrogen-bond donors (Lipinski definition) is 3. The van der Waals surface area contributed by atoms with Crippen molar-refractivity contribution in [1.29, 1.82) is 0 Å². The van der Waals surface area contributed by atoms with E-state index in [0.29, 0.717) is 17.8 Å². The largest absolute Gasteiger partial charge is 0.470 e. The first-order valence-corrected chi connectivity index (χ1v) is 7.55. The number of allylic oxidation sites excluding steroid dienone is 1. The van der Waals surface area contributed by atoms with Gasteiger partial charge in [-0.05, 0) is 12.5 Å². The maximum atomic E-state index is 12.5. The summed E-state index contributed by atoms with van der Waals surface area (Å²) in [6, 6.07) is 8.93. The normalized spacial score (nSPS) is 33.3. The van der Waals surface area contributed by atoms with Crippen molar-refractivity contribution in [3.63, 3.8) is 0 Å². The van der Waals surface area contributed by atoms with Gasteiger partial charge in [0, 0.05) is 18.4 Å². The van der Waals surface area contributed by atoms with Gasteiger partial charge in [-0.15, -0.1) is 0 Å². The van der Waals surface area contributed by atoms with Gasteiger partial charge in [0.15, 0.2) is 11.8 Å². The lowest BCUT2D eigenvalue weighted by molar-refractivity contribution is -0.162. The van der Waals surface area contributed by atoms with Crippen molar-refractivity contribution in [3.05, 3.63) is 47.2 Å². The van der Waals surface area contributed by atoms with Gasteiger partial charge in [-0.1, -0.05) is 37.3 Å². The Morgan fingerprint density at radius 1 is 1.26 bits per heavy atom. The number of hydrogen-bond acceptors (Lipinski definition) is 5. The highest BCUT2D eigenvalue weighted by molar-refractivity contribution is 6.20. The van der Waals surface area contributed by atoms with E-state index in [1.807, 2.05) is 6.07 Å². The summed E-state index contributed by atoms with van der Waals surface area (Å²) in [7, 11) is 0. The van der Waals surface area contributed by atoms with Crippen LogP contribution in [0.2, 0.25) is 0 Å². The summed E-state index contributed by atoms with van der Waals surface area (Å²) >= 11 is 0. The molecule has 3 N–H and O–H groups in total. The number of nitrogens with one attached hydrogen (secondary N) is 1. The first-order chi connectivity index (χ1) is 10.8. The molecule has 2 aliphatic heterocycles. The third-order valence-electron chi connectivity index (χ3n) is 4.52. The van der Waals surface area contributed by atoms with Gasteiger partial charge in [-0.25, -0.2) is 0 Å². The number of carbonyl (C=O) groups is 2. The predicted octanol–water partition coefficient (Wildman–Crippen LogP) is 0.430. The predicted molar refractivity (Wildman–Crippen MR) is 81.1 cm³/mol. The Kier molecular flexibility index (Phi) is 3.54. The van der Waals surface area contributed by atoms with Gasteiger partial charge in [0.2, 0.25) is 5.78 Å². The highest BCUT2D eigenvalue weighted by atomic mass is 16.5. The molecular weight excluding hydrogens is 298 g/mol. The molecule has 1 aromatic rings. The van der Waals surface area contributed by atoms with E-state index in [2.05, 4.69) is 5.32 Å². The second-order valence-electron chi connectivity index (χ2n) is 6.01. The molecule has 1 aromatic carbocycles. The monoisotopic (exact) mass is 317 g/mol. The highest BCUT2D eigenvalue weighted by Gasteiger charge is 2.70. The number of aliphatic hydroxyl groups is 2. The van der Waals surface area contributed by atoms with Crippen molar-refractivity contribution < 1.29 is 24.5 Å². The molecule has 1 amide bonds. The smallest absolute Gasteiger partial charge is 0.278 e. The summed E-state index contributed by atoms with van der Waals surface area (Å²) in [5.74, 6) is -1.03. The van der Waals surface area contributed by atoms with Crippen LogP contribution in [0.15, 0.2) is 41.7 Å². The Balaban J connectivity index is 1.95. The SMILES string of the molecule is CCC1=C(C)C(=O)[C@]2(O1)C(=O)N[C@](O)(Cc1ccccc1)[C@H]2O. The van der Waals surface area contributed by atoms with Gasteiger partial charge in [0.05, 0.1) is 0 Å². The van der Waals surface area contributed by atoms with E-state index in [1.54, 1.807) is 38.1 Å². The van der Waals surface area contributed by atoms with Gasteiger partial charge in [-0.2, -0.15) is 0 Å². The van der Waals surface area contributed by atoms with E-state index in [9.17, 15) is 19.8 Å². The minimum absolute atomic E-state index is 0.0281. The molecule has 2 aliphatic rings. The van der Waals surface area contributed by atoms with E-state index in [1.165, 1.54) is 0 Å². The van der Waals surface area contributed by atoms with Crippen LogP contribution in [0.4, 0.5) is 0 Å². The third kappa shape index (κ3) is 2.09. The summed E-state index contributed by atoms with van der Waals surface area (Å²) in [6.45, 7) is 3.35. The Labute approximate surface area is 133 Å². The molecule has 6 nitrogen and oxygen atoms in total. The fourth-order valence-corrected chi connectivity index (χ4v) is 3.26. The number of benzene rings is 1. The number of amides is 1. The lowest BCUT2D eigenvalue weighted by Gasteiger charge is -2.30. The van der Waals surface area contributed by atoms with Crippen LogP contribution in [0.25, 0.3) is 0 Å². The third-order valence-corrected chi connectivity index (χ3v) is 4.52. The van der Waals surface area contributed by atoms with E-state index >= 15 is 0 Å². The van der Waals surface area contributed by atoms with E-state index in [-0.39, 0.29) is 6.42 Å². The topological polar surface area (TPSA) is 95.9 Å². The molecule has 0 aromatic heterocycles. The Morgan fingerprint density at radius 3 is 2.48 bits per heavy atom. The highest BCUT2D eigenvalue weighted by Crippen LogP contribution is 2.42. The van der Waals surface area contributed by atoms with Gasteiger partial charge in [-0.3, -0.25) is 9.59 Å². The molecule has 0 radical (unpaired) electrons. The fraction of sp³-hybridized carbons (Fsp3) is 0.412. The molecule has 3 rings (SSSR count). The number of rotatable bonds is 3. The summed E-state index contributed by atoms with van der Waals surface area (Å²) in [5, 5.41) is 23.7. The summed E-state index contributed by atoms with van der Waals surface area (Å²) in [6.07, 6.45) is -1.30. The molecule has 2 heterocycles. The fourth-order valence-electron chi connectivity index (χ4n) is 3.26. The molecule has 1 saturated heterocycles. The number of Topliss-reactive ketones (excluding diaryl/α,β-unsaturated/α-hetero) is 1. The average molecular weight is 317 g/mol. The Morgan fingerprint density at radius 2 is 1.91 bits per heavy atom. The maximum Gasteiger partial charge on any atom is 0.278 e. The standard InChI is InChI=1S/C17H19NO5/c1-3-12-10(2)13(19)17(23-12)14(20)16(22,18-15(17)21)9-11-7-5-4-6-8-11/h4-8,14,20,22H,3,9H2,1-2H3,(H,18,21)/t14-,16+,17-/m1/s1. The van der Waals surface area contributed by atoms with Crippen molar-refractivity contribution >= 4 is 11.7 Å². The lowest BCUT2D eigenvalue weighted by Crippen LogP contribution is -2.56. The molecule has 1 spiro atoms. The minimum atomic E-state index is -2.08. The van der Waals surface area contributed by atoms with E-state index in [0.717, 1.165) is 5.56 Å². The van der Waals surface area contributed by atoms with Crippen LogP contribution in [0.5, 0.6) is 0 Å². The molecule has 0 bridgehead atoms. The number of aliphatic hydroxyl groups excluding tert-OH is 1. The molecule has 3 atom stereocenters. The summed E-state index contributed by atoms with van der Waals surface area (Å²) in [5.41, 5.74) is -3.01. The number of carbonyl (C=O) groups excluding carboxylic acids is 2. The molecule has 0 unspecified atom stereocenters. The van der Waals surface area contributed by atoms with Crippen LogP contribution in [0.1, 0.15) is 25.8 Å². The van der Waals surface area contributed by atoms with Crippen LogP contribution in [0, 0.1) is 0 Å². The van der Waals surface area contributed by atoms with Crippen molar-refractivity contribution in [2.24, 2.45) is 0 Å². The summed E-state index contributed by atoms with van der Waals surface area (Å²) < 4.78 is 5.55. The van der Waals surface area contributed by atoms with E-state index in [4.69, 9.17) is 4.74 Å². The van der Waals surface area contributed by atoms with Gasteiger partial charge in [0.25, 0.3) is 11.5 Å². The van der Waals surface area contributed by atoms with Crippen LogP contribution >= 0.6 is 0 Å². The molecule has 122 valence electrons. The first kappa shape index (κ1) is 15.7. The zero-order chi connectivity index (χ0) is 16.8. The zero-order valence-corrected chi connectivity index (χ0v) is 13.0. The Bertz CT molecular complexity index is 698. The molecule has 1 fully saturated rings. The molecule has 23 heavy (non-hydrogen) atoms. The van der Waals surface area contributed by atoms with Crippen molar-refractivity contribution in [1.82, 2.24) is 5.32 Å². The van der Waals surface area contributed by atoms with Gasteiger partial charge < -0.3 is 20.3 Å². The van der Waals surface area contributed by atoms with Crippen molar-refractivity contribution in [3.8, 4) is 0 Å². The molecule has 0 aliphatic carbocycles. The second kappa shape index (κ2) is 5.18. The van der Waals surface area contributed by atoms with Crippen LogP contribution in [0.3, 0.4) is 0 Å². The molecular formula is C17H19NO5. The van der Waals surface area contributed by atoms with Crippen LogP contribution < -0.4 is 5.32 Å². The zero-order valence-electron chi connectivity index (χ0n) is 13.0. The van der Waals surface area contributed by atoms with Gasteiger partial charge in [0.1, 0.15) is 5.76 Å². The van der Waals surface area contributed by atoms with Crippen molar-refractivity contribution in [2.75, 3.05) is 0 Å². The number of ether oxygens (including phenoxy) is 1. The van der Waals surface area contributed by atoms with E-state index < -0.39 is 29.1 Å². The summed E-state index contributed by atoms with van der Waals surface area (Å²) in [4.78, 5) is 25.0. The maximum absolute atomic E-state index is 12.5. The van der Waals surface area contributed by atoms with Crippen molar-refractivity contribution in [2.45, 2.75) is 44.1 Å². The molecule has 0 saturated carbocycles. The minimum Gasteiger partial charge on any atom is -0.470 e. The second-order valence-corrected chi connectivity index (χ2v) is 6.01. The van der Waals surface area contributed by atoms with Gasteiger partial charge >= 0.3 is 0 Å². The van der Waals surface area contributed by atoms with Crippen LogP contribution in [-0.4, -0.2) is 39.3 Å². The number of ketones is 1. The average Bonchev–Trinajstić information content (AvgIpc) is 2.89. The van der Waals surface area contributed by atoms with Crippen LogP contribution in [-0.2, 0) is 20.7 Å².